The largest absolute Gasteiger partial charge is 0.309 e. The number of hydrogen-bond donors (Lipinski definition) is 0. The first kappa shape index (κ1) is 28.1. The SMILES string of the molecule is c1ccc(-c2nc(-c3ccccc3)nc(-c3cncc(-n4c5ccccc5c5cc6c7ccccc7n(-c7ccccc7)c6cc54)c3)n2)cc1. The lowest BCUT2D eigenvalue weighted by atomic mass is 10.1. The summed E-state index contributed by atoms with van der Waals surface area (Å²) in [5, 5.41) is 4.82. The van der Waals surface area contributed by atoms with Gasteiger partial charge in [0.1, 0.15) is 0 Å². The fourth-order valence-electron chi connectivity index (χ4n) is 7.17. The van der Waals surface area contributed by atoms with E-state index in [1.807, 2.05) is 73.1 Å². The van der Waals surface area contributed by atoms with Crippen molar-refractivity contribution in [1.82, 2.24) is 29.1 Å². The fourth-order valence-corrected chi connectivity index (χ4v) is 7.17. The van der Waals surface area contributed by atoms with Crippen molar-refractivity contribution >= 4 is 43.6 Å². The van der Waals surface area contributed by atoms with Gasteiger partial charge in [-0.1, -0.05) is 115 Å². The summed E-state index contributed by atoms with van der Waals surface area (Å²) in [6.07, 6.45) is 3.76. The molecule has 0 saturated heterocycles. The van der Waals surface area contributed by atoms with Gasteiger partial charge in [-0.3, -0.25) is 4.98 Å². The molecule has 0 atom stereocenters. The zero-order chi connectivity index (χ0) is 33.0. The minimum atomic E-state index is 0.569. The van der Waals surface area contributed by atoms with E-state index in [1.165, 1.54) is 27.1 Å². The van der Waals surface area contributed by atoms with Crippen LogP contribution in [0.5, 0.6) is 0 Å². The van der Waals surface area contributed by atoms with Crippen molar-refractivity contribution in [1.29, 1.82) is 0 Å². The topological polar surface area (TPSA) is 61.4 Å². The summed E-state index contributed by atoms with van der Waals surface area (Å²) >= 11 is 0. The second-order valence-corrected chi connectivity index (χ2v) is 12.4. The van der Waals surface area contributed by atoms with Gasteiger partial charge in [-0.2, -0.15) is 0 Å². The maximum absolute atomic E-state index is 4.98. The third-order valence-electron chi connectivity index (χ3n) is 9.42. The number of hydrogen-bond acceptors (Lipinski definition) is 4. The van der Waals surface area contributed by atoms with E-state index in [-0.39, 0.29) is 0 Å². The van der Waals surface area contributed by atoms with Crippen molar-refractivity contribution < 1.29 is 0 Å². The Kier molecular flexibility index (Phi) is 6.39. The number of fused-ring (bicyclic) bond motifs is 6. The third kappa shape index (κ3) is 4.50. The summed E-state index contributed by atoms with van der Waals surface area (Å²) in [6.45, 7) is 0. The molecule has 0 aliphatic carbocycles. The van der Waals surface area contributed by atoms with Gasteiger partial charge in [0, 0.05) is 50.1 Å². The van der Waals surface area contributed by atoms with E-state index >= 15 is 0 Å². The molecule has 0 saturated carbocycles. The van der Waals surface area contributed by atoms with Crippen LogP contribution in [0.3, 0.4) is 0 Å². The third-order valence-corrected chi connectivity index (χ3v) is 9.42. The van der Waals surface area contributed by atoms with Gasteiger partial charge in [0.05, 0.1) is 34.0 Å². The Labute approximate surface area is 287 Å². The highest BCUT2D eigenvalue weighted by Crippen LogP contribution is 2.39. The number of benzene rings is 6. The van der Waals surface area contributed by atoms with Gasteiger partial charge < -0.3 is 9.13 Å². The van der Waals surface area contributed by atoms with Gasteiger partial charge >= 0.3 is 0 Å². The number of pyridine rings is 1. The molecule has 0 aliphatic rings. The zero-order valence-electron chi connectivity index (χ0n) is 26.8. The monoisotopic (exact) mass is 640 g/mol. The van der Waals surface area contributed by atoms with Crippen molar-refractivity contribution in [3.05, 3.63) is 170 Å². The predicted octanol–water partition coefficient (Wildman–Crippen LogP) is 10.5. The Morgan fingerprint density at radius 2 is 0.780 bits per heavy atom. The molecule has 0 spiro atoms. The van der Waals surface area contributed by atoms with Crippen molar-refractivity contribution in [2.45, 2.75) is 0 Å². The van der Waals surface area contributed by atoms with E-state index in [2.05, 4.69) is 106 Å². The van der Waals surface area contributed by atoms with E-state index < -0.39 is 0 Å². The first-order chi connectivity index (χ1) is 24.8. The molecule has 234 valence electrons. The van der Waals surface area contributed by atoms with E-state index in [4.69, 9.17) is 19.9 Å². The van der Waals surface area contributed by atoms with E-state index in [0.717, 1.165) is 44.6 Å². The summed E-state index contributed by atoms with van der Waals surface area (Å²) in [7, 11) is 0. The standard InChI is InChI=1S/C44H28N6/c1-4-14-29(15-5-1)42-46-43(30-16-6-2-7-17-30)48-44(47-42)31-24-33(28-45-27-31)50-39-23-13-11-21-35(39)37-25-36-34-20-10-12-22-38(34)49(40(36)26-41(37)50)32-18-8-3-9-19-32/h1-28H. The summed E-state index contributed by atoms with van der Waals surface area (Å²) in [5.74, 6) is 1.81. The van der Waals surface area contributed by atoms with E-state index in [0.29, 0.717) is 17.5 Å². The summed E-state index contributed by atoms with van der Waals surface area (Å²) in [5.41, 5.74) is 9.26. The molecule has 0 radical (unpaired) electrons. The lowest BCUT2D eigenvalue weighted by molar-refractivity contribution is 1.06. The molecule has 6 heteroatoms. The quantitative estimate of drug-likeness (QED) is 0.188. The number of nitrogens with zero attached hydrogens (tertiary/aromatic N) is 6. The van der Waals surface area contributed by atoms with Crippen LogP contribution < -0.4 is 0 Å². The molecular weight excluding hydrogens is 613 g/mol. The lowest BCUT2D eigenvalue weighted by Crippen LogP contribution is -2.01. The van der Waals surface area contributed by atoms with E-state index in [1.54, 1.807) is 0 Å². The van der Waals surface area contributed by atoms with E-state index in [9.17, 15) is 0 Å². The molecule has 4 heterocycles. The Morgan fingerprint density at radius 1 is 0.320 bits per heavy atom. The van der Waals surface area contributed by atoms with Crippen LogP contribution in [0.25, 0.3) is 89.2 Å². The highest BCUT2D eigenvalue weighted by molar-refractivity contribution is 6.19. The molecule has 10 aromatic rings. The molecule has 4 aromatic heterocycles. The van der Waals surface area contributed by atoms with Gasteiger partial charge in [-0.25, -0.2) is 15.0 Å². The van der Waals surface area contributed by atoms with Crippen LogP contribution in [0.2, 0.25) is 0 Å². The smallest absolute Gasteiger partial charge is 0.165 e. The highest BCUT2D eigenvalue weighted by atomic mass is 15.0. The second-order valence-electron chi connectivity index (χ2n) is 12.4. The minimum absolute atomic E-state index is 0.569. The van der Waals surface area contributed by atoms with Gasteiger partial charge in [0.2, 0.25) is 0 Å². The van der Waals surface area contributed by atoms with Crippen LogP contribution in [0.4, 0.5) is 0 Å². The number of para-hydroxylation sites is 3. The molecule has 10 rings (SSSR count). The number of rotatable bonds is 5. The van der Waals surface area contributed by atoms with Crippen LogP contribution in [-0.2, 0) is 0 Å². The van der Waals surface area contributed by atoms with Crippen molar-refractivity contribution in [3.63, 3.8) is 0 Å². The van der Waals surface area contributed by atoms with Gasteiger partial charge in [-0.05, 0) is 42.5 Å². The Hall–Kier alpha value is -6.92. The van der Waals surface area contributed by atoms with Crippen LogP contribution in [0, 0.1) is 0 Å². The average molecular weight is 641 g/mol. The average Bonchev–Trinajstić information content (AvgIpc) is 3.70. The van der Waals surface area contributed by atoms with Gasteiger partial charge in [0.25, 0.3) is 0 Å². The highest BCUT2D eigenvalue weighted by Gasteiger charge is 2.19. The predicted molar refractivity (Wildman–Crippen MR) is 203 cm³/mol. The molecule has 0 fully saturated rings. The minimum Gasteiger partial charge on any atom is -0.309 e. The lowest BCUT2D eigenvalue weighted by Gasteiger charge is -2.12. The normalized spacial score (nSPS) is 11.6. The molecule has 6 nitrogen and oxygen atoms in total. The molecule has 6 aromatic carbocycles. The Bertz CT molecular complexity index is 2800. The van der Waals surface area contributed by atoms with Crippen LogP contribution >= 0.6 is 0 Å². The second kappa shape index (κ2) is 11.4. The van der Waals surface area contributed by atoms with Crippen molar-refractivity contribution in [2.75, 3.05) is 0 Å². The van der Waals surface area contributed by atoms with Gasteiger partial charge in [-0.15, -0.1) is 0 Å². The maximum Gasteiger partial charge on any atom is 0.165 e. The Balaban J connectivity index is 1.22. The zero-order valence-corrected chi connectivity index (χ0v) is 26.8. The van der Waals surface area contributed by atoms with Crippen molar-refractivity contribution in [2.24, 2.45) is 0 Å². The first-order valence-electron chi connectivity index (χ1n) is 16.6. The maximum atomic E-state index is 4.98. The number of aromatic nitrogens is 6. The van der Waals surface area contributed by atoms with Crippen LogP contribution in [-0.4, -0.2) is 29.1 Å². The summed E-state index contributed by atoms with van der Waals surface area (Å²) in [4.78, 5) is 19.6. The first-order valence-corrected chi connectivity index (χ1v) is 16.6. The summed E-state index contributed by atoms with van der Waals surface area (Å²) < 4.78 is 4.67. The molecule has 0 bridgehead atoms. The summed E-state index contributed by atoms with van der Waals surface area (Å²) in [6, 6.07) is 54.7. The molecular formula is C44H28N6. The molecule has 0 N–H and O–H groups in total. The van der Waals surface area contributed by atoms with Crippen LogP contribution in [0.15, 0.2) is 170 Å². The fraction of sp³-hybridized carbons (Fsp3) is 0. The van der Waals surface area contributed by atoms with Gasteiger partial charge in [0.15, 0.2) is 17.5 Å². The molecule has 50 heavy (non-hydrogen) atoms. The Morgan fingerprint density at radius 3 is 1.34 bits per heavy atom. The van der Waals surface area contributed by atoms with Crippen LogP contribution in [0.1, 0.15) is 0 Å². The molecule has 0 unspecified atom stereocenters. The van der Waals surface area contributed by atoms with Crippen molar-refractivity contribution in [3.8, 4) is 45.5 Å². The molecule has 0 amide bonds. The molecule has 0 aliphatic heterocycles.